The van der Waals surface area contributed by atoms with Crippen LogP contribution in [0, 0.1) is 12.3 Å². The van der Waals surface area contributed by atoms with Crippen molar-refractivity contribution < 1.29 is 14.6 Å². The van der Waals surface area contributed by atoms with E-state index in [-0.39, 0.29) is 11.4 Å². The third-order valence-corrected chi connectivity index (χ3v) is 2.17. The lowest BCUT2D eigenvalue weighted by Crippen LogP contribution is -2.26. The molecule has 1 aromatic heterocycles. The number of carboxylic acids is 1. The van der Waals surface area contributed by atoms with E-state index in [1.807, 2.05) is 6.92 Å². The van der Waals surface area contributed by atoms with Crippen LogP contribution in [-0.2, 0) is 6.42 Å². The van der Waals surface area contributed by atoms with Crippen molar-refractivity contribution in [3.05, 3.63) is 23.4 Å². The summed E-state index contributed by atoms with van der Waals surface area (Å²) >= 11 is 0. The Labute approximate surface area is 101 Å². The fourth-order valence-corrected chi connectivity index (χ4v) is 1.21. The predicted molar refractivity (Wildman–Crippen MR) is 64.1 cm³/mol. The Balaban J connectivity index is 3.12. The standard InChI is InChI=1S/C13H15NO3/c1-5-10-7-9(12(15)16)8-11(14-10)17-13(3,4)6-2/h2,7-8H,5H2,1,3-4H3,(H,15,16). The molecule has 4 nitrogen and oxygen atoms in total. The van der Waals surface area contributed by atoms with Crippen molar-refractivity contribution in [3.63, 3.8) is 0 Å². The van der Waals surface area contributed by atoms with Crippen molar-refractivity contribution in [1.29, 1.82) is 0 Å². The molecule has 1 heterocycles. The molecule has 0 radical (unpaired) electrons. The van der Waals surface area contributed by atoms with E-state index in [1.54, 1.807) is 13.8 Å². The van der Waals surface area contributed by atoms with Crippen LogP contribution in [0.3, 0.4) is 0 Å². The summed E-state index contributed by atoms with van der Waals surface area (Å²) in [6.07, 6.45) is 5.94. The minimum Gasteiger partial charge on any atom is -0.478 e. The van der Waals surface area contributed by atoms with E-state index in [9.17, 15) is 4.79 Å². The normalized spacial score (nSPS) is 10.7. The maximum absolute atomic E-state index is 10.9. The third kappa shape index (κ3) is 3.49. The Morgan fingerprint density at radius 3 is 2.71 bits per heavy atom. The molecule has 4 heteroatoms. The molecule has 0 saturated heterocycles. The zero-order chi connectivity index (χ0) is 13.1. The van der Waals surface area contributed by atoms with Gasteiger partial charge in [-0.3, -0.25) is 0 Å². The Bertz CT molecular complexity index is 472. The summed E-state index contributed by atoms with van der Waals surface area (Å²) in [4.78, 5) is 15.1. The minimum atomic E-state index is -1.01. The first-order valence-electron chi connectivity index (χ1n) is 5.29. The number of aryl methyl sites for hydroxylation is 1. The molecule has 0 aromatic carbocycles. The highest BCUT2D eigenvalue weighted by molar-refractivity contribution is 5.88. The number of carbonyl (C=O) groups is 1. The van der Waals surface area contributed by atoms with Gasteiger partial charge >= 0.3 is 5.97 Å². The highest BCUT2D eigenvalue weighted by atomic mass is 16.5. The largest absolute Gasteiger partial charge is 0.478 e. The van der Waals surface area contributed by atoms with E-state index in [0.717, 1.165) is 0 Å². The molecule has 0 amide bonds. The Morgan fingerprint density at radius 2 is 2.24 bits per heavy atom. The predicted octanol–water partition coefficient (Wildman–Crippen LogP) is 2.13. The zero-order valence-corrected chi connectivity index (χ0v) is 10.2. The van der Waals surface area contributed by atoms with Gasteiger partial charge in [0.25, 0.3) is 0 Å². The van der Waals surface area contributed by atoms with Gasteiger partial charge in [0, 0.05) is 11.8 Å². The Hall–Kier alpha value is -2.02. The van der Waals surface area contributed by atoms with Crippen molar-refractivity contribution in [1.82, 2.24) is 4.98 Å². The lowest BCUT2D eigenvalue weighted by Gasteiger charge is -2.19. The van der Waals surface area contributed by atoms with Gasteiger partial charge < -0.3 is 9.84 Å². The van der Waals surface area contributed by atoms with Gasteiger partial charge in [0.1, 0.15) is 0 Å². The molecule has 1 aromatic rings. The number of aromatic carboxylic acids is 1. The molecule has 90 valence electrons. The van der Waals surface area contributed by atoms with Crippen molar-refractivity contribution in [2.75, 3.05) is 0 Å². The molecule has 0 saturated carbocycles. The molecule has 1 rings (SSSR count). The highest BCUT2D eigenvalue weighted by Gasteiger charge is 2.18. The van der Waals surface area contributed by atoms with Crippen LogP contribution in [0.25, 0.3) is 0 Å². The topological polar surface area (TPSA) is 59.4 Å². The summed E-state index contributed by atoms with van der Waals surface area (Å²) in [6, 6.07) is 2.90. The Morgan fingerprint density at radius 1 is 1.59 bits per heavy atom. The first-order chi connectivity index (χ1) is 7.88. The minimum absolute atomic E-state index is 0.152. The van der Waals surface area contributed by atoms with Gasteiger partial charge in [-0.15, -0.1) is 6.42 Å². The van der Waals surface area contributed by atoms with E-state index in [2.05, 4.69) is 10.9 Å². The number of nitrogens with zero attached hydrogens (tertiary/aromatic N) is 1. The number of carboxylic acid groups (broad SMARTS) is 1. The van der Waals surface area contributed by atoms with Crippen LogP contribution in [0.5, 0.6) is 5.88 Å². The smallest absolute Gasteiger partial charge is 0.335 e. The third-order valence-electron chi connectivity index (χ3n) is 2.17. The molecule has 0 fully saturated rings. The highest BCUT2D eigenvalue weighted by Crippen LogP contribution is 2.18. The van der Waals surface area contributed by atoms with Gasteiger partial charge in [-0.25, -0.2) is 9.78 Å². The molecule has 0 aliphatic carbocycles. The molecular formula is C13H15NO3. The second-order valence-corrected chi connectivity index (χ2v) is 4.10. The summed E-state index contributed by atoms with van der Waals surface area (Å²) in [5, 5.41) is 8.96. The number of rotatable bonds is 4. The first kappa shape index (κ1) is 13.0. The number of hydrogen-bond donors (Lipinski definition) is 1. The second-order valence-electron chi connectivity index (χ2n) is 4.10. The van der Waals surface area contributed by atoms with Crippen LogP contribution in [0.15, 0.2) is 12.1 Å². The van der Waals surface area contributed by atoms with Crippen molar-refractivity contribution in [2.24, 2.45) is 0 Å². The number of aromatic nitrogens is 1. The lowest BCUT2D eigenvalue weighted by atomic mass is 10.1. The van der Waals surface area contributed by atoms with Crippen LogP contribution in [0.2, 0.25) is 0 Å². The van der Waals surface area contributed by atoms with E-state index >= 15 is 0 Å². The van der Waals surface area contributed by atoms with E-state index < -0.39 is 11.6 Å². The fourth-order valence-electron chi connectivity index (χ4n) is 1.21. The van der Waals surface area contributed by atoms with Crippen LogP contribution in [0.1, 0.15) is 36.8 Å². The van der Waals surface area contributed by atoms with E-state index in [0.29, 0.717) is 12.1 Å². The number of pyridine rings is 1. The Kier molecular flexibility index (Phi) is 3.74. The van der Waals surface area contributed by atoms with Crippen LogP contribution in [-0.4, -0.2) is 21.7 Å². The summed E-state index contributed by atoms with van der Waals surface area (Å²) in [6.45, 7) is 5.32. The van der Waals surface area contributed by atoms with E-state index in [4.69, 9.17) is 16.3 Å². The molecule has 0 bridgehead atoms. The zero-order valence-electron chi connectivity index (χ0n) is 10.2. The fraction of sp³-hybridized carbons (Fsp3) is 0.385. The molecule has 0 aliphatic heterocycles. The molecular weight excluding hydrogens is 218 g/mol. The van der Waals surface area contributed by atoms with Crippen LogP contribution in [0.4, 0.5) is 0 Å². The van der Waals surface area contributed by atoms with Crippen LogP contribution < -0.4 is 4.74 Å². The van der Waals surface area contributed by atoms with Gasteiger partial charge in [-0.2, -0.15) is 0 Å². The summed E-state index contributed by atoms with van der Waals surface area (Å²) < 4.78 is 5.47. The van der Waals surface area contributed by atoms with Crippen molar-refractivity contribution in [2.45, 2.75) is 32.8 Å². The molecule has 0 unspecified atom stereocenters. The molecule has 0 aliphatic rings. The molecule has 0 atom stereocenters. The average Bonchev–Trinajstić information content (AvgIpc) is 2.28. The quantitative estimate of drug-likeness (QED) is 0.809. The van der Waals surface area contributed by atoms with Gasteiger partial charge in [-0.05, 0) is 26.3 Å². The summed E-state index contributed by atoms with van der Waals surface area (Å²) in [7, 11) is 0. The van der Waals surface area contributed by atoms with Gasteiger partial charge in [0.15, 0.2) is 5.60 Å². The van der Waals surface area contributed by atoms with Gasteiger partial charge in [0.05, 0.1) is 5.56 Å². The summed E-state index contributed by atoms with van der Waals surface area (Å²) in [5.41, 5.74) is 0.00202. The number of hydrogen-bond acceptors (Lipinski definition) is 3. The first-order valence-corrected chi connectivity index (χ1v) is 5.29. The SMILES string of the molecule is C#CC(C)(C)Oc1cc(C(=O)O)cc(CC)n1. The molecule has 0 spiro atoms. The van der Waals surface area contributed by atoms with Gasteiger partial charge in [0.2, 0.25) is 5.88 Å². The monoisotopic (exact) mass is 233 g/mol. The lowest BCUT2D eigenvalue weighted by molar-refractivity contribution is 0.0695. The van der Waals surface area contributed by atoms with Crippen molar-refractivity contribution >= 4 is 5.97 Å². The maximum atomic E-state index is 10.9. The number of ether oxygens (including phenoxy) is 1. The van der Waals surface area contributed by atoms with E-state index in [1.165, 1.54) is 12.1 Å². The summed E-state index contributed by atoms with van der Waals surface area (Å²) in [5.74, 6) is 1.70. The molecule has 1 N–H and O–H groups in total. The number of terminal acetylenes is 1. The van der Waals surface area contributed by atoms with Crippen molar-refractivity contribution in [3.8, 4) is 18.2 Å². The maximum Gasteiger partial charge on any atom is 0.335 e. The van der Waals surface area contributed by atoms with Gasteiger partial charge in [-0.1, -0.05) is 12.8 Å². The average molecular weight is 233 g/mol. The second kappa shape index (κ2) is 4.88. The molecule has 17 heavy (non-hydrogen) atoms. The van der Waals surface area contributed by atoms with Crippen LogP contribution >= 0.6 is 0 Å².